The molecule has 0 amide bonds. The van der Waals surface area contributed by atoms with Crippen molar-refractivity contribution >= 4 is 39.0 Å². The zero-order valence-electron chi connectivity index (χ0n) is 26.5. The lowest BCUT2D eigenvalue weighted by Gasteiger charge is -2.16. The lowest BCUT2D eigenvalue weighted by molar-refractivity contribution is 1.15. The summed E-state index contributed by atoms with van der Waals surface area (Å²) < 4.78 is 0. The Morgan fingerprint density at radius 2 is 1.17 bits per heavy atom. The molecule has 48 heavy (non-hydrogen) atoms. The maximum absolute atomic E-state index is 5.22. The summed E-state index contributed by atoms with van der Waals surface area (Å²) in [7, 11) is 0. The molecule has 1 aromatic heterocycles. The molecule has 1 aliphatic heterocycles. The fourth-order valence-corrected chi connectivity index (χ4v) is 7.98. The van der Waals surface area contributed by atoms with Crippen LogP contribution in [0.3, 0.4) is 0 Å². The standard InChI is InChI=1S/C45H32N2S/c1-29-46-42-27-35(23-25-43(42)48-29)34-14-9-15-36(26-34)39-24-22-30-10-5-7-16-38(30)44(39)32-18-20-33(21-19-32)45-40-17-8-6-13-37(40)28-41(47-45)31-11-3-2-4-12-31/h2-29,46H,1H3. The molecule has 8 aromatic rings. The quantitative estimate of drug-likeness (QED) is 0.204. The van der Waals surface area contributed by atoms with E-state index < -0.39 is 0 Å². The molecule has 1 N–H and O–H groups in total. The van der Waals surface area contributed by atoms with Crippen molar-refractivity contribution in [1.29, 1.82) is 0 Å². The van der Waals surface area contributed by atoms with Crippen LogP contribution in [-0.4, -0.2) is 10.4 Å². The summed E-state index contributed by atoms with van der Waals surface area (Å²) in [6.07, 6.45) is 0. The van der Waals surface area contributed by atoms with Gasteiger partial charge in [-0.2, -0.15) is 0 Å². The molecule has 0 aliphatic carbocycles. The third-order valence-corrected chi connectivity index (χ3v) is 10.4. The van der Waals surface area contributed by atoms with Gasteiger partial charge in [0.15, 0.2) is 0 Å². The summed E-state index contributed by atoms with van der Waals surface area (Å²) in [5, 5.41) is 8.82. The van der Waals surface area contributed by atoms with Crippen LogP contribution in [0.1, 0.15) is 6.92 Å². The molecule has 0 bridgehead atoms. The summed E-state index contributed by atoms with van der Waals surface area (Å²) >= 11 is 1.88. The fraction of sp³-hybridized carbons (Fsp3) is 0.0444. The molecular formula is C45H32N2S. The van der Waals surface area contributed by atoms with Crippen LogP contribution in [0.2, 0.25) is 0 Å². The minimum atomic E-state index is 0.399. The summed E-state index contributed by atoms with van der Waals surface area (Å²) in [4.78, 5) is 6.53. The minimum Gasteiger partial charge on any atom is -0.372 e. The van der Waals surface area contributed by atoms with Crippen LogP contribution in [-0.2, 0) is 0 Å². The average Bonchev–Trinajstić information content (AvgIpc) is 3.54. The topological polar surface area (TPSA) is 24.9 Å². The van der Waals surface area contributed by atoms with Crippen molar-refractivity contribution in [2.24, 2.45) is 0 Å². The number of nitrogens with one attached hydrogen (secondary N) is 1. The van der Waals surface area contributed by atoms with E-state index in [-0.39, 0.29) is 0 Å². The molecule has 0 fully saturated rings. The van der Waals surface area contributed by atoms with Crippen LogP contribution in [0.5, 0.6) is 0 Å². The van der Waals surface area contributed by atoms with Crippen LogP contribution in [0.15, 0.2) is 169 Å². The first-order chi connectivity index (χ1) is 23.7. The highest BCUT2D eigenvalue weighted by atomic mass is 32.2. The van der Waals surface area contributed by atoms with Gasteiger partial charge < -0.3 is 5.32 Å². The smallest absolute Gasteiger partial charge is 0.0787 e. The van der Waals surface area contributed by atoms with Gasteiger partial charge in [-0.1, -0.05) is 151 Å². The van der Waals surface area contributed by atoms with E-state index >= 15 is 0 Å². The highest BCUT2D eigenvalue weighted by Gasteiger charge is 2.19. The van der Waals surface area contributed by atoms with E-state index in [0.29, 0.717) is 5.37 Å². The summed E-state index contributed by atoms with van der Waals surface area (Å²) in [5.41, 5.74) is 12.7. The predicted molar refractivity (Wildman–Crippen MR) is 205 cm³/mol. The SMILES string of the molecule is CC1Nc2cc(-c3cccc(-c4ccc5ccccc5c4-c4ccc(-c5nc(-c6ccccc6)cc6ccccc56)cc4)c3)ccc2S1. The molecular weight excluding hydrogens is 601 g/mol. The van der Waals surface area contributed by atoms with Gasteiger partial charge in [-0.3, -0.25) is 0 Å². The average molecular weight is 633 g/mol. The Morgan fingerprint density at radius 3 is 2.02 bits per heavy atom. The van der Waals surface area contributed by atoms with Gasteiger partial charge in [-0.25, -0.2) is 4.98 Å². The van der Waals surface area contributed by atoms with Gasteiger partial charge in [-0.05, 0) is 80.7 Å². The van der Waals surface area contributed by atoms with E-state index in [1.807, 2.05) is 17.8 Å². The van der Waals surface area contributed by atoms with Gasteiger partial charge in [0, 0.05) is 27.1 Å². The zero-order valence-corrected chi connectivity index (χ0v) is 27.3. The summed E-state index contributed by atoms with van der Waals surface area (Å²) in [5.74, 6) is 0. The molecule has 0 saturated heterocycles. The van der Waals surface area contributed by atoms with Gasteiger partial charge in [-0.15, -0.1) is 0 Å². The maximum Gasteiger partial charge on any atom is 0.0787 e. The first kappa shape index (κ1) is 28.6. The number of thioether (sulfide) groups is 1. The highest BCUT2D eigenvalue weighted by molar-refractivity contribution is 8.00. The molecule has 7 aromatic carbocycles. The number of benzene rings is 7. The van der Waals surface area contributed by atoms with Gasteiger partial charge in [0.1, 0.15) is 0 Å². The number of anilines is 1. The molecule has 2 nitrogen and oxygen atoms in total. The highest BCUT2D eigenvalue weighted by Crippen LogP contribution is 2.43. The van der Waals surface area contributed by atoms with E-state index in [4.69, 9.17) is 4.98 Å². The second kappa shape index (κ2) is 11.9. The fourth-order valence-electron chi connectivity index (χ4n) is 7.02. The maximum atomic E-state index is 5.22. The third kappa shape index (κ3) is 5.13. The van der Waals surface area contributed by atoms with Crippen molar-refractivity contribution in [2.75, 3.05) is 5.32 Å². The molecule has 1 atom stereocenters. The molecule has 2 heterocycles. The van der Waals surface area contributed by atoms with E-state index in [2.05, 4.69) is 170 Å². The normalized spacial score (nSPS) is 13.8. The van der Waals surface area contributed by atoms with E-state index in [1.165, 1.54) is 60.1 Å². The monoisotopic (exact) mass is 632 g/mol. The Hall–Kier alpha value is -5.64. The zero-order chi connectivity index (χ0) is 32.0. The van der Waals surface area contributed by atoms with Gasteiger partial charge in [0.2, 0.25) is 0 Å². The minimum absolute atomic E-state index is 0.399. The molecule has 0 spiro atoms. The largest absolute Gasteiger partial charge is 0.372 e. The Labute approximate surface area is 285 Å². The molecule has 3 heteroatoms. The number of nitrogens with zero attached hydrogens (tertiary/aromatic N) is 1. The summed E-state index contributed by atoms with van der Waals surface area (Å²) in [6, 6.07) is 59.2. The first-order valence-corrected chi connectivity index (χ1v) is 17.3. The lowest BCUT2D eigenvalue weighted by atomic mass is 9.88. The van der Waals surface area contributed by atoms with Crippen molar-refractivity contribution in [2.45, 2.75) is 17.2 Å². The van der Waals surface area contributed by atoms with Crippen molar-refractivity contribution in [1.82, 2.24) is 4.98 Å². The number of aromatic nitrogens is 1. The van der Waals surface area contributed by atoms with Crippen LogP contribution in [0.4, 0.5) is 5.69 Å². The van der Waals surface area contributed by atoms with Crippen molar-refractivity contribution in [3.05, 3.63) is 164 Å². The number of hydrogen-bond donors (Lipinski definition) is 1. The van der Waals surface area contributed by atoms with Gasteiger partial charge >= 0.3 is 0 Å². The number of pyridine rings is 1. The molecule has 9 rings (SSSR count). The van der Waals surface area contributed by atoms with Gasteiger partial charge in [0.25, 0.3) is 0 Å². The number of hydrogen-bond acceptors (Lipinski definition) is 3. The van der Waals surface area contributed by atoms with Crippen LogP contribution in [0, 0.1) is 0 Å². The molecule has 0 saturated carbocycles. The second-order valence-electron chi connectivity index (χ2n) is 12.4. The molecule has 228 valence electrons. The van der Waals surface area contributed by atoms with Crippen molar-refractivity contribution < 1.29 is 0 Å². The summed E-state index contributed by atoms with van der Waals surface area (Å²) in [6.45, 7) is 2.21. The van der Waals surface area contributed by atoms with Crippen LogP contribution >= 0.6 is 11.8 Å². The number of rotatable bonds is 5. The van der Waals surface area contributed by atoms with E-state index in [1.54, 1.807) is 0 Å². The Kier molecular flexibility index (Phi) is 7.06. The van der Waals surface area contributed by atoms with E-state index in [9.17, 15) is 0 Å². The van der Waals surface area contributed by atoms with Crippen molar-refractivity contribution in [3.63, 3.8) is 0 Å². The molecule has 1 aliphatic rings. The lowest BCUT2D eigenvalue weighted by Crippen LogP contribution is -2.02. The Bertz CT molecular complexity index is 2470. The van der Waals surface area contributed by atoms with Crippen LogP contribution in [0.25, 0.3) is 77.4 Å². The first-order valence-electron chi connectivity index (χ1n) is 16.4. The predicted octanol–water partition coefficient (Wildman–Crippen LogP) is 12.6. The van der Waals surface area contributed by atoms with Crippen molar-refractivity contribution in [3.8, 4) is 55.9 Å². The van der Waals surface area contributed by atoms with Crippen LogP contribution < -0.4 is 5.32 Å². The molecule has 0 radical (unpaired) electrons. The Morgan fingerprint density at radius 1 is 0.500 bits per heavy atom. The molecule has 1 unspecified atom stereocenters. The second-order valence-corrected chi connectivity index (χ2v) is 13.8. The number of fused-ring (bicyclic) bond motifs is 3. The van der Waals surface area contributed by atoms with Gasteiger partial charge in [0.05, 0.1) is 16.8 Å². The Balaban J connectivity index is 1.16. The third-order valence-electron chi connectivity index (χ3n) is 9.33. The van der Waals surface area contributed by atoms with E-state index in [0.717, 1.165) is 27.9 Å².